The van der Waals surface area contributed by atoms with Crippen molar-refractivity contribution in [3.63, 3.8) is 0 Å². The first kappa shape index (κ1) is 92.6. The molecule has 0 spiro atoms. The number of rotatable bonds is 84. The maximum absolute atomic E-state index is 12.6. The molecule has 0 fully saturated rings. The van der Waals surface area contributed by atoms with E-state index in [1.54, 1.807) is 0 Å². The molecule has 0 aliphatic carbocycles. The molecule has 0 aliphatic rings. The standard InChI is InChI=1S/C88H173NO5/c1-3-5-7-9-11-13-15-17-19-21-23-24-25-39-42-45-48-52-56-60-64-68-72-76-80-86(91)85(84-90)89-87(92)81-77-73-69-65-61-57-53-49-46-43-40-37-35-33-31-29-27-26-28-30-32-34-36-38-41-44-47-51-55-59-63-67-71-75-79-83-94-88(93)82-78-74-70-66-62-58-54-50-22-20-18-16-14-12-10-8-6-4-2/h20,22,85-86,90-91H,3-19,21,23-84H2,1-2H3,(H,89,92)/b22-20-. The zero-order chi connectivity index (χ0) is 67.7. The maximum atomic E-state index is 12.6. The number of aliphatic hydroxyl groups excluding tert-OH is 2. The van der Waals surface area contributed by atoms with E-state index in [2.05, 4.69) is 31.3 Å². The average Bonchev–Trinajstić information content (AvgIpc) is 3.68. The molecule has 0 radical (unpaired) electrons. The highest BCUT2D eigenvalue weighted by Crippen LogP contribution is 2.21. The van der Waals surface area contributed by atoms with Crippen molar-refractivity contribution in [3.8, 4) is 0 Å². The van der Waals surface area contributed by atoms with Gasteiger partial charge in [0, 0.05) is 12.8 Å². The highest BCUT2D eigenvalue weighted by Gasteiger charge is 2.20. The Hall–Kier alpha value is -1.40. The molecule has 94 heavy (non-hydrogen) atoms. The van der Waals surface area contributed by atoms with Gasteiger partial charge in [-0.15, -0.1) is 0 Å². The number of carbonyl (C=O) groups excluding carboxylic acids is 2. The topological polar surface area (TPSA) is 95.9 Å². The molecule has 6 heteroatoms. The van der Waals surface area contributed by atoms with Crippen molar-refractivity contribution in [1.82, 2.24) is 5.32 Å². The van der Waals surface area contributed by atoms with Gasteiger partial charge in [-0.3, -0.25) is 9.59 Å². The molecule has 0 saturated heterocycles. The normalized spacial score (nSPS) is 12.4. The van der Waals surface area contributed by atoms with Gasteiger partial charge in [-0.25, -0.2) is 0 Å². The molecule has 0 rings (SSSR count). The van der Waals surface area contributed by atoms with Crippen molar-refractivity contribution in [2.24, 2.45) is 0 Å². The van der Waals surface area contributed by atoms with Gasteiger partial charge >= 0.3 is 5.97 Å². The number of amides is 1. The first-order chi connectivity index (χ1) is 46.5. The summed E-state index contributed by atoms with van der Waals surface area (Å²) in [4.78, 5) is 24.7. The van der Waals surface area contributed by atoms with Crippen LogP contribution in [0.4, 0.5) is 0 Å². The SMILES string of the molecule is CCCCCCCCC/C=C\CCCCCCCCCC(=O)OCCCCCCCCCCCCCCCCCCCCCCCCCCCCCCCCCCCCCC(=O)NC(CO)C(O)CCCCCCCCCCCCCCCCCCCCCCCCCC. The quantitative estimate of drug-likeness (QED) is 0.0320. The number of unbranched alkanes of at least 4 members (excludes halogenated alkanes) is 71. The minimum absolute atomic E-state index is 0.0212. The lowest BCUT2D eigenvalue weighted by molar-refractivity contribution is -0.143. The molecule has 560 valence electrons. The van der Waals surface area contributed by atoms with E-state index in [0.29, 0.717) is 25.9 Å². The van der Waals surface area contributed by atoms with Crippen LogP contribution in [0, 0.1) is 0 Å². The second kappa shape index (κ2) is 84.0. The molecule has 0 heterocycles. The van der Waals surface area contributed by atoms with Crippen LogP contribution >= 0.6 is 0 Å². The van der Waals surface area contributed by atoms with E-state index in [-0.39, 0.29) is 18.5 Å². The molecule has 0 aromatic rings. The van der Waals surface area contributed by atoms with Gasteiger partial charge in [0.1, 0.15) is 0 Å². The number of allylic oxidation sites excluding steroid dienone is 2. The molecule has 2 atom stereocenters. The van der Waals surface area contributed by atoms with Crippen molar-refractivity contribution in [1.29, 1.82) is 0 Å². The highest BCUT2D eigenvalue weighted by molar-refractivity contribution is 5.76. The van der Waals surface area contributed by atoms with E-state index in [9.17, 15) is 19.8 Å². The lowest BCUT2D eigenvalue weighted by atomic mass is 10.0. The van der Waals surface area contributed by atoms with Crippen LogP contribution in [0.3, 0.4) is 0 Å². The zero-order valence-corrected chi connectivity index (χ0v) is 64.5. The molecule has 0 aliphatic heterocycles. The van der Waals surface area contributed by atoms with E-state index in [1.807, 2.05) is 0 Å². The van der Waals surface area contributed by atoms with Gasteiger partial charge in [-0.05, 0) is 51.4 Å². The molecule has 0 saturated carbocycles. The predicted molar refractivity (Wildman–Crippen MR) is 417 cm³/mol. The van der Waals surface area contributed by atoms with Crippen molar-refractivity contribution in [2.75, 3.05) is 13.2 Å². The number of ether oxygens (including phenoxy) is 1. The zero-order valence-electron chi connectivity index (χ0n) is 64.5. The number of aliphatic hydroxyl groups is 2. The third-order valence-corrected chi connectivity index (χ3v) is 21.1. The molecule has 0 bridgehead atoms. The highest BCUT2D eigenvalue weighted by atomic mass is 16.5. The second-order valence-corrected chi connectivity index (χ2v) is 30.6. The van der Waals surface area contributed by atoms with Gasteiger partial charge in [0.05, 0.1) is 25.4 Å². The fourth-order valence-electron chi connectivity index (χ4n) is 14.4. The third kappa shape index (κ3) is 79.6. The van der Waals surface area contributed by atoms with Crippen LogP contribution in [0.2, 0.25) is 0 Å². The minimum atomic E-state index is -0.662. The number of nitrogens with one attached hydrogen (secondary N) is 1. The summed E-state index contributed by atoms with van der Waals surface area (Å²) in [5.41, 5.74) is 0. The summed E-state index contributed by atoms with van der Waals surface area (Å²) in [6.07, 6.45) is 108. The van der Waals surface area contributed by atoms with Crippen LogP contribution in [0.25, 0.3) is 0 Å². The molecule has 0 aromatic heterocycles. The minimum Gasteiger partial charge on any atom is -0.466 e. The van der Waals surface area contributed by atoms with Gasteiger partial charge in [-0.1, -0.05) is 463 Å². The Morgan fingerprint density at radius 1 is 0.287 bits per heavy atom. The Kier molecular flexibility index (Phi) is 82.8. The molecule has 2 unspecified atom stereocenters. The summed E-state index contributed by atoms with van der Waals surface area (Å²) in [6.45, 7) is 5.02. The van der Waals surface area contributed by atoms with E-state index in [1.165, 1.54) is 443 Å². The van der Waals surface area contributed by atoms with E-state index in [4.69, 9.17) is 4.74 Å². The summed E-state index contributed by atoms with van der Waals surface area (Å²) < 4.78 is 5.52. The predicted octanol–water partition coefficient (Wildman–Crippen LogP) is 29.4. The largest absolute Gasteiger partial charge is 0.466 e. The van der Waals surface area contributed by atoms with Crippen molar-refractivity contribution in [2.45, 2.75) is 527 Å². The van der Waals surface area contributed by atoms with Gasteiger partial charge in [0.25, 0.3) is 0 Å². The summed E-state index contributed by atoms with van der Waals surface area (Å²) in [6, 6.07) is -0.538. The summed E-state index contributed by atoms with van der Waals surface area (Å²) in [5.74, 6) is -0.00165. The average molecular weight is 1330 g/mol. The van der Waals surface area contributed by atoms with Crippen molar-refractivity contribution >= 4 is 11.9 Å². The number of carbonyl (C=O) groups is 2. The first-order valence-corrected chi connectivity index (χ1v) is 43.9. The summed E-state index contributed by atoms with van der Waals surface area (Å²) in [7, 11) is 0. The smallest absolute Gasteiger partial charge is 0.305 e. The van der Waals surface area contributed by atoms with E-state index >= 15 is 0 Å². The number of hydrogen-bond acceptors (Lipinski definition) is 5. The monoisotopic (exact) mass is 1320 g/mol. The first-order valence-electron chi connectivity index (χ1n) is 43.9. The molecule has 6 nitrogen and oxygen atoms in total. The van der Waals surface area contributed by atoms with Crippen molar-refractivity contribution < 1.29 is 24.5 Å². The van der Waals surface area contributed by atoms with Gasteiger partial charge in [0.2, 0.25) is 5.91 Å². The number of hydrogen-bond donors (Lipinski definition) is 3. The Bertz CT molecular complexity index is 1430. The van der Waals surface area contributed by atoms with Crippen LogP contribution in [0.5, 0.6) is 0 Å². The molecule has 3 N–H and O–H groups in total. The van der Waals surface area contributed by atoms with Crippen LogP contribution in [0.1, 0.15) is 515 Å². The van der Waals surface area contributed by atoms with E-state index < -0.39 is 12.1 Å². The molecular weight excluding hydrogens is 1150 g/mol. The number of esters is 1. The summed E-state index contributed by atoms with van der Waals surface area (Å²) in [5, 5.41) is 23.5. The van der Waals surface area contributed by atoms with Gasteiger partial charge < -0.3 is 20.3 Å². The fraction of sp³-hybridized carbons (Fsp3) is 0.955. The van der Waals surface area contributed by atoms with Crippen LogP contribution < -0.4 is 5.32 Å². The summed E-state index contributed by atoms with van der Waals surface area (Å²) >= 11 is 0. The molecular formula is C88H173NO5. The van der Waals surface area contributed by atoms with Gasteiger partial charge in [0.15, 0.2) is 0 Å². The van der Waals surface area contributed by atoms with Gasteiger partial charge in [-0.2, -0.15) is 0 Å². The molecule has 1 amide bonds. The third-order valence-electron chi connectivity index (χ3n) is 21.1. The van der Waals surface area contributed by atoms with Crippen LogP contribution in [-0.4, -0.2) is 47.4 Å². The maximum Gasteiger partial charge on any atom is 0.305 e. The van der Waals surface area contributed by atoms with Crippen LogP contribution in [0.15, 0.2) is 12.2 Å². The van der Waals surface area contributed by atoms with Crippen LogP contribution in [-0.2, 0) is 14.3 Å². The molecule has 0 aromatic carbocycles. The van der Waals surface area contributed by atoms with E-state index in [0.717, 1.165) is 38.5 Å². The van der Waals surface area contributed by atoms with Crippen molar-refractivity contribution in [3.05, 3.63) is 12.2 Å². The Morgan fingerprint density at radius 3 is 0.755 bits per heavy atom. The Labute approximate surface area is 590 Å². The fourth-order valence-corrected chi connectivity index (χ4v) is 14.4. The Balaban J connectivity index is 3.31. The second-order valence-electron chi connectivity index (χ2n) is 30.6. The lowest BCUT2D eigenvalue weighted by Gasteiger charge is -2.22. The Morgan fingerprint density at radius 2 is 0.500 bits per heavy atom. The lowest BCUT2D eigenvalue weighted by Crippen LogP contribution is -2.45.